The molecule has 0 bridgehead atoms. The summed E-state index contributed by atoms with van der Waals surface area (Å²) in [5.41, 5.74) is 2.13. The number of carbonyl (C=O) groups excluding carboxylic acids is 2. The highest BCUT2D eigenvalue weighted by molar-refractivity contribution is 9.10. The molecule has 4 nitrogen and oxygen atoms in total. The van der Waals surface area contributed by atoms with E-state index in [2.05, 4.69) is 38.4 Å². The molecule has 2 aromatic rings. The quantitative estimate of drug-likeness (QED) is 0.815. The molecule has 23 heavy (non-hydrogen) atoms. The summed E-state index contributed by atoms with van der Waals surface area (Å²) in [4.78, 5) is 22.8. The van der Waals surface area contributed by atoms with Crippen LogP contribution in [0.1, 0.15) is 22.8 Å². The van der Waals surface area contributed by atoms with E-state index >= 15 is 0 Å². The Balaban J connectivity index is 1.88. The zero-order valence-electron chi connectivity index (χ0n) is 12.5. The summed E-state index contributed by atoms with van der Waals surface area (Å²) in [6, 6.07) is 14.4. The predicted octanol–water partition coefficient (Wildman–Crippen LogP) is 3.19. The summed E-state index contributed by atoms with van der Waals surface area (Å²) in [6.45, 7) is 1.72. The molecule has 2 rings (SSSR count). The van der Waals surface area contributed by atoms with Crippen molar-refractivity contribution in [1.29, 1.82) is 0 Å². The van der Waals surface area contributed by atoms with E-state index in [0.29, 0.717) is 5.56 Å². The van der Waals surface area contributed by atoms with Crippen LogP contribution in [0.2, 0.25) is 0 Å². The molecule has 0 atom stereocenters. The van der Waals surface area contributed by atoms with Crippen LogP contribution in [0.5, 0.6) is 0 Å². The first-order valence-corrected chi connectivity index (χ1v) is 7.74. The summed E-state index contributed by atoms with van der Waals surface area (Å²) >= 11 is 3.33. The van der Waals surface area contributed by atoms with Crippen LogP contribution in [0.25, 0.3) is 0 Å². The summed E-state index contributed by atoms with van der Waals surface area (Å²) in [5.74, 6) is 5.58. The van der Waals surface area contributed by atoms with Crippen molar-refractivity contribution in [3.8, 4) is 11.8 Å². The molecule has 0 unspecified atom stereocenters. The molecular formula is C18H15BrN2O2. The van der Waals surface area contributed by atoms with Gasteiger partial charge in [-0.15, -0.1) is 0 Å². The minimum Gasteiger partial charge on any atom is -0.341 e. The van der Waals surface area contributed by atoms with E-state index in [1.54, 1.807) is 30.3 Å². The number of anilines is 1. The smallest absolute Gasteiger partial charge is 0.252 e. The molecule has 0 aliphatic rings. The van der Waals surface area contributed by atoms with Crippen LogP contribution in [0, 0.1) is 11.8 Å². The van der Waals surface area contributed by atoms with Gasteiger partial charge in [-0.05, 0) is 42.5 Å². The third-order valence-corrected chi connectivity index (χ3v) is 3.36. The van der Waals surface area contributed by atoms with Crippen LogP contribution < -0.4 is 10.6 Å². The fourth-order valence-electron chi connectivity index (χ4n) is 1.84. The number of carbonyl (C=O) groups is 2. The molecule has 0 aromatic heterocycles. The SMILES string of the molecule is CC(=O)Nc1ccc(C#CCNC(=O)c2cccc(Br)c2)cc1. The maximum Gasteiger partial charge on any atom is 0.252 e. The maximum absolute atomic E-state index is 11.9. The van der Waals surface area contributed by atoms with Crippen molar-refractivity contribution >= 4 is 33.4 Å². The third-order valence-electron chi connectivity index (χ3n) is 2.86. The number of amides is 2. The van der Waals surface area contributed by atoms with Gasteiger partial charge in [-0.25, -0.2) is 0 Å². The Hall–Kier alpha value is -2.58. The molecule has 0 aliphatic carbocycles. The van der Waals surface area contributed by atoms with Crippen molar-refractivity contribution in [2.24, 2.45) is 0 Å². The number of benzene rings is 2. The molecule has 2 amide bonds. The highest BCUT2D eigenvalue weighted by atomic mass is 79.9. The monoisotopic (exact) mass is 370 g/mol. The predicted molar refractivity (Wildman–Crippen MR) is 94.1 cm³/mol. The highest BCUT2D eigenvalue weighted by Crippen LogP contribution is 2.11. The first kappa shape index (κ1) is 16.8. The van der Waals surface area contributed by atoms with Gasteiger partial charge < -0.3 is 10.6 Å². The van der Waals surface area contributed by atoms with Crippen molar-refractivity contribution < 1.29 is 9.59 Å². The summed E-state index contributed by atoms with van der Waals surface area (Å²) < 4.78 is 0.857. The Kier molecular flexibility index (Phi) is 5.95. The number of rotatable bonds is 3. The van der Waals surface area contributed by atoms with Crippen LogP contribution in [0.4, 0.5) is 5.69 Å². The van der Waals surface area contributed by atoms with Gasteiger partial charge in [-0.3, -0.25) is 9.59 Å². The standard InChI is InChI=1S/C18H15BrN2O2/c1-13(22)21-17-9-7-14(8-10-17)4-3-11-20-18(23)15-5-2-6-16(19)12-15/h2,5-10,12H,11H2,1H3,(H,20,23)(H,21,22). The largest absolute Gasteiger partial charge is 0.341 e. The molecule has 2 N–H and O–H groups in total. The van der Waals surface area contributed by atoms with Gasteiger partial charge >= 0.3 is 0 Å². The van der Waals surface area contributed by atoms with Gasteiger partial charge in [0.1, 0.15) is 0 Å². The lowest BCUT2D eigenvalue weighted by Crippen LogP contribution is -2.23. The topological polar surface area (TPSA) is 58.2 Å². The van der Waals surface area contributed by atoms with Crippen molar-refractivity contribution in [2.75, 3.05) is 11.9 Å². The average molecular weight is 371 g/mol. The average Bonchev–Trinajstić information content (AvgIpc) is 2.52. The normalized spacial score (nSPS) is 9.48. The Morgan fingerprint density at radius 3 is 2.52 bits per heavy atom. The van der Waals surface area contributed by atoms with Crippen LogP contribution >= 0.6 is 15.9 Å². The van der Waals surface area contributed by atoms with Crippen molar-refractivity contribution in [3.63, 3.8) is 0 Å². The molecule has 116 valence electrons. The summed E-state index contributed by atoms with van der Waals surface area (Å²) in [7, 11) is 0. The van der Waals surface area contributed by atoms with Crippen molar-refractivity contribution in [3.05, 3.63) is 64.1 Å². The molecule has 5 heteroatoms. The lowest BCUT2D eigenvalue weighted by Gasteiger charge is -2.02. The van der Waals surface area contributed by atoms with E-state index in [1.165, 1.54) is 6.92 Å². The number of hydrogen-bond acceptors (Lipinski definition) is 2. The van der Waals surface area contributed by atoms with E-state index in [-0.39, 0.29) is 18.4 Å². The van der Waals surface area contributed by atoms with Crippen LogP contribution in [-0.4, -0.2) is 18.4 Å². The minimum atomic E-state index is -0.165. The Morgan fingerprint density at radius 2 is 1.87 bits per heavy atom. The minimum absolute atomic E-state index is 0.112. The van der Waals surface area contributed by atoms with E-state index < -0.39 is 0 Å². The number of halogens is 1. The second-order valence-electron chi connectivity index (χ2n) is 4.75. The van der Waals surface area contributed by atoms with Gasteiger partial charge in [0.2, 0.25) is 5.91 Å². The van der Waals surface area contributed by atoms with E-state index in [9.17, 15) is 9.59 Å². The molecule has 0 radical (unpaired) electrons. The van der Waals surface area contributed by atoms with Crippen LogP contribution in [0.3, 0.4) is 0 Å². The molecular weight excluding hydrogens is 356 g/mol. The Bertz CT molecular complexity index is 774. The lowest BCUT2D eigenvalue weighted by atomic mass is 10.2. The van der Waals surface area contributed by atoms with Gasteiger partial charge in [0.05, 0.1) is 6.54 Å². The van der Waals surface area contributed by atoms with E-state index in [0.717, 1.165) is 15.7 Å². The first-order valence-electron chi connectivity index (χ1n) is 6.95. The summed E-state index contributed by atoms with van der Waals surface area (Å²) in [6.07, 6.45) is 0. The molecule has 0 heterocycles. The van der Waals surface area contributed by atoms with Gasteiger partial charge in [-0.1, -0.05) is 33.8 Å². The van der Waals surface area contributed by atoms with Gasteiger partial charge in [0.25, 0.3) is 5.91 Å². The zero-order valence-corrected chi connectivity index (χ0v) is 14.1. The number of hydrogen-bond donors (Lipinski definition) is 2. The van der Waals surface area contributed by atoms with Crippen LogP contribution in [-0.2, 0) is 4.79 Å². The van der Waals surface area contributed by atoms with Crippen molar-refractivity contribution in [2.45, 2.75) is 6.92 Å². The fourth-order valence-corrected chi connectivity index (χ4v) is 2.24. The highest BCUT2D eigenvalue weighted by Gasteiger charge is 2.03. The van der Waals surface area contributed by atoms with E-state index in [4.69, 9.17) is 0 Å². The second kappa shape index (κ2) is 8.16. The third kappa shape index (κ3) is 5.61. The van der Waals surface area contributed by atoms with E-state index in [1.807, 2.05) is 18.2 Å². The Labute approximate surface area is 143 Å². The van der Waals surface area contributed by atoms with Crippen molar-refractivity contribution in [1.82, 2.24) is 5.32 Å². The number of nitrogens with one attached hydrogen (secondary N) is 2. The van der Waals surface area contributed by atoms with Crippen LogP contribution in [0.15, 0.2) is 53.0 Å². The van der Waals surface area contributed by atoms with Gasteiger partial charge in [0.15, 0.2) is 0 Å². The lowest BCUT2D eigenvalue weighted by molar-refractivity contribution is -0.114. The Morgan fingerprint density at radius 1 is 1.13 bits per heavy atom. The molecule has 0 saturated heterocycles. The maximum atomic E-state index is 11.9. The van der Waals surface area contributed by atoms with Gasteiger partial charge in [0, 0.05) is 28.2 Å². The second-order valence-corrected chi connectivity index (χ2v) is 5.67. The first-order chi connectivity index (χ1) is 11.0. The summed E-state index contributed by atoms with van der Waals surface area (Å²) in [5, 5.41) is 5.43. The molecule has 0 spiro atoms. The molecule has 0 saturated carbocycles. The fraction of sp³-hybridized carbons (Fsp3) is 0.111. The van der Waals surface area contributed by atoms with Gasteiger partial charge in [-0.2, -0.15) is 0 Å². The zero-order chi connectivity index (χ0) is 16.7. The molecule has 2 aromatic carbocycles. The molecule has 0 fully saturated rings. The molecule has 0 aliphatic heterocycles.